The van der Waals surface area contributed by atoms with Gasteiger partial charge in [0.2, 0.25) is 5.91 Å². The van der Waals surface area contributed by atoms with Gasteiger partial charge in [-0.2, -0.15) is 5.10 Å². The number of aromatic nitrogens is 2. The summed E-state index contributed by atoms with van der Waals surface area (Å²) in [4.78, 5) is 37.6. The Labute approximate surface area is 151 Å². The molecule has 1 fully saturated rings. The molecule has 1 aliphatic rings. The van der Waals surface area contributed by atoms with Crippen LogP contribution in [0.2, 0.25) is 0 Å². The standard InChI is InChI=1S/C18H21N5O3/c1-22-12-14(11-19-22)20-16(24)8-7-15-17(25)23(18(26)21-15)10-9-13-5-3-2-4-6-13/h2-6,11-12,15H,7-10H2,1H3,(H,20,24)(H,21,26)/t15-/m0/s1. The summed E-state index contributed by atoms with van der Waals surface area (Å²) in [5.74, 6) is -0.497. The Bertz CT molecular complexity index is 802. The van der Waals surface area contributed by atoms with Crippen molar-refractivity contribution in [1.82, 2.24) is 20.0 Å². The molecule has 4 amide bonds. The lowest BCUT2D eigenvalue weighted by molar-refractivity contribution is -0.127. The van der Waals surface area contributed by atoms with Crippen LogP contribution in [-0.2, 0) is 23.1 Å². The minimum Gasteiger partial charge on any atom is -0.326 e. The first-order valence-electron chi connectivity index (χ1n) is 8.47. The molecule has 2 aromatic rings. The number of aryl methyl sites for hydroxylation is 1. The van der Waals surface area contributed by atoms with Crippen LogP contribution in [0.25, 0.3) is 0 Å². The maximum Gasteiger partial charge on any atom is 0.324 e. The summed E-state index contributed by atoms with van der Waals surface area (Å²) in [6, 6.07) is 8.62. The average Bonchev–Trinajstić information content (AvgIpc) is 3.15. The summed E-state index contributed by atoms with van der Waals surface area (Å²) in [6.45, 7) is 0.326. The van der Waals surface area contributed by atoms with Gasteiger partial charge in [0.1, 0.15) is 6.04 Å². The van der Waals surface area contributed by atoms with Gasteiger partial charge in [0.05, 0.1) is 11.9 Å². The van der Waals surface area contributed by atoms with E-state index >= 15 is 0 Å². The quantitative estimate of drug-likeness (QED) is 0.732. The molecule has 0 radical (unpaired) electrons. The second-order valence-corrected chi connectivity index (χ2v) is 6.22. The number of benzene rings is 1. The fraction of sp³-hybridized carbons (Fsp3) is 0.333. The van der Waals surface area contributed by atoms with E-state index in [0.717, 1.165) is 5.56 Å². The molecule has 1 aliphatic heterocycles. The van der Waals surface area contributed by atoms with Crippen molar-refractivity contribution in [3.8, 4) is 0 Å². The van der Waals surface area contributed by atoms with Crippen molar-refractivity contribution in [3.05, 3.63) is 48.3 Å². The van der Waals surface area contributed by atoms with Crippen molar-refractivity contribution < 1.29 is 14.4 Å². The van der Waals surface area contributed by atoms with Crippen LogP contribution in [-0.4, -0.2) is 45.1 Å². The molecular formula is C18H21N5O3. The maximum atomic E-state index is 12.4. The summed E-state index contributed by atoms with van der Waals surface area (Å²) in [5, 5.41) is 9.33. The third-order valence-electron chi connectivity index (χ3n) is 4.22. The molecule has 2 N–H and O–H groups in total. The van der Waals surface area contributed by atoms with E-state index in [-0.39, 0.29) is 24.7 Å². The number of anilines is 1. The van der Waals surface area contributed by atoms with E-state index < -0.39 is 12.1 Å². The fourth-order valence-corrected chi connectivity index (χ4v) is 2.85. The number of nitrogens with zero attached hydrogens (tertiary/aromatic N) is 3. The van der Waals surface area contributed by atoms with Gasteiger partial charge in [-0.3, -0.25) is 19.2 Å². The second-order valence-electron chi connectivity index (χ2n) is 6.22. The second kappa shape index (κ2) is 7.81. The number of amides is 4. The number of hydrogen-bond acceptors (Lipinski definition) is 4. The molecular weight excluding hydrogens is 334 g/mol. The van der Waals surface area contributed by atoms with Crippen LogP contribution in [0.5, 0.6) is 0 Å². The predicted octanol–water partition coefficient (Wildman–Crippen LogP) is 1.30. The number of carbonyl (C=O) groups is 3. The monoisotopic (exact) mass is 355 g/mol. The molecule has 0 aliphatic carbocycles. The predicted molar refractivity (Wildman–Crippen MR) is 95.3 cm³/mol. The van der Waals surface area contributed by atoms with E-state index in [0.29, 0.717) is 18.7 Å². The Morgan fingerprint density at radius 3 is 2.73 bits per heavy atom. The highest BCUT2D eigenvalue weighted by molar-refractivity contribution is 6.04. The molecule has 8 heteroatoms. The van der Waals surface area contributed by atoms with Crippen LogP contribution in [0.4, 0.5) is 10.5 Å². The van der Waals surface area contributed by atoms with Gasteiger partial charge in [0.15, 0.2) is 0 Å². The van der Waals surface area contributed by atoms with Gasteiger partial charge < -0.3 is 10.6 Å². The van der Waals surface area contributed by atoms with Crippen LogP contribution in [0, 0.1) is 0 Å². The van der Waals surface area contributed by atoms with E-state index in [1.807, 2.05) is 30.3 Å². The molecule has 8 nitrogen and oxygen atoms in total. The summed E-state index contributed by atoms with van der Waals surface area (Å²) in [7, 11) is 1.76. The average molecular weight is 355 g/mol. The number of carbonyl (C=O) groups excluding carboxylic acids is 3. The third-order valence-corrected chi connectivity index (χ3v) is 4.22. The highest BCUT2D eigenvalue weighted by atomic mass is 16.2. The summed E-state index contributed by atoms with van der Waals surface area (Å²) >= 11 is 0. The molecule has 0 saturated carbocycles. The minimum atomic E-state index is -0.655. The molecule has 0 unspecified atom stereocenters. The summed E-state index contributed by atoms with van der Waals surface area (Å²) in [6.07, 6.45) is 4.24. The molecule has 1 aromatic heterocycles. The number of urea groups is 1. The van der Waals surface area contributed by atoms with E-state index in [1.165, 1.54) is 4.90 Å². The number of nitrogens with one attached hydrogen (secondary N) is 2. The highest BCUT2D eigenvalue weighted by Gasteiger charge is 2.37. The Hall–Kier alpha value is -3.16. The molecule has 3 rings (SSSR count). The largest absolute Gasteiger partial charge is 0.326 e. The Kier molecular flexibility index (Phi) is 5.31. The van der Waals surface area contributed by atoms with Gasteiger partial charge in [-0.1, -0.05) is 30.3 Å². The van der Waals surface area contributed by atoms with E-state index in [9.17, 15) is 14.4 Å². The van der Waals surface area contributed by atoms with Crippen LogP contribution >= 0.6 is 0 Å². The van der Waals surface area contributed by atoms with Gasteiger partial charge in [0.25, 0.3) is 5.91 Å². The molecule has 1 aromatic carbocycles. The van der Waals surface area contributed by atoms with Crippen molar-refractivity contribution in [2.75, 3.05) is 11.9 Å². The van der Waals surface area contributed by atoms with Gasteiger partial charge in [0, 0.05) is 26.2 Å². The Morgan fingerprint density at radius 1 is 1.27 bits per heavy atom. The number of rotatable bonds is 7. The topological polar surface area (TPSA) is 96.3 Å². The van der Waals surface area contributed by atoms with Crippen LogP contribution in [0.3, 0.4) is 0 Å². The number of imide groups is 1. The van der Waals surface area contributed by atoms with E-state index in [4.69, 9.17) is 0 Å². The zero-order chi connectivity index (χ0) is 18.5. The van der Waals surface area contributed by atoms with Crippen LogP contribution < -0.4 is 10.6 Å². The molecule has 1 saturated heterocycles. The first-order valence-corrected chi connectivity index (χ1v) is 8.47. The third kappa shape index (κ3) is 4.27. The van der Waals surface area contributed by atoms with Gasteiger partial charge in [-0.25, -0.2) is 4.79 Å². The molecule has 2 heterocycles. The molecule has 26 heavy (non-hydrogen) atoms. The van der Waals surface area contributed by atoms with E-state index in [1.54, 1.807) is 24.1 Å². The molecule has 136 valence electrons. The lowest BCUT2D eigenvalue weighted by Gasteiger charge is -2.13. The van der Waals surface area contributed by atoms with Crippen molar-refractivity contribution in [2.45, 2.75) is 25.3 Å². The first-order chi connectivity index (χ1) is 12.5. The Balaban J connectivity index is 1.48. The van der Waals surface area contributed by atoms with Crippen molar-refractivity contribution in [2.24, 2.45) is 7.05 Å². The smallest absolute Gasteiger partial charge is 0.324 e. The normalized spacial score (nSPS) is 16.7. The fourth-order valence-electron chi connectivity index (χ4n) is 2.85. The van der Waals surface area contributed by atoms with Crippen LogP contribution in [0.15, 0.2) is 42.7 Å². The van der Waals surface area contributed by atoms with Crippen LogP contribution in [0.1, 0.15) is 18.4 Å². The zero-order valence-electron chi connectivity index (χ0n) is 14.5. The van der Waals surface area contributed by atoms with Crippen molar-refractivity contribution >= 4 is 23.5 Å². The zero-order valence-corrected chi connectivity index (χ0v) is 14.5. The minimum absolute atomic E-state index is 0.137. The maximum absolute atomic E-state index is 12.4. The van der Waals surface area contributed by atoms with Gasteiger partial charge >= 0.3 is 6.03 Å². The highest BCUT2D eigenvalue weighted by Crippen LogP contribution is 2.13. The van der Waals surface area contributed by atoms with Crippen molar-refractivity contribution in [3.63, 3.8) is 0 Å². The van der Waals surface area contributed by atoms with Crippen molar-refractivity contribution in [1.29, 1.82) is 0 Å². The Morgan fingerprint density at radius 2 is 2.04 bits per heavy atom. The number of hydrogen-bond donors (Lipinski definition) is 2. The molecule has 0 bridgehead atoms. The molecule has 0 spiro atoms. The lowest BCUT2D eigenvalue weighted by Crippen LogP contribution is -2.33. The van der Waals surface area contributed by atoms with E-state index in [2.05, 4.69) is 15.7 Å². The summed E-state index contributed by atoms with van der Waals surface area (Å²) in [5.41, 5.74) is 1.66. The summed E-state index contributed by atoms with van der Waals surface area (Å²) < 4.78 is 1.58. The lowest BCUT2D eigenvalue weighted by atomic mass is 10.1. The SMILES string of the molecule is Cn1cc(NC(=O)CC[C@@H]2NC(=O)N(CCc3ccccc3)C2=O)cn1. The molecule has 1 atom stereocenters. The van der Waals surface area contributed by atoms with Gasteiger partial charge in [-0.15, -0.1) is 0 Å². The first kappa shape index (κ1) is 17.7. The van der Waals surface area contributed by atoms with Gasteiger partial charge in [-0.05, 0) is 18.4 Å².